The normalized spacial score (nSPS) is 16.4. The van der Waals surface area contributed by atoms with Gasteiger partial charge in [-0.1, -0.05) is 0 Å². The minimum atomic E-state index is -0.630. The Morgan fingerprint density at radius 1 is 1.09 bits per heavy atom. The quantitative estimate of drug-likeness (QED) is 0.532. The Morgan fingerprint density at radius 2 is 1.91 bits per heavy atom. The van der Waals surface area contributed by atoms with Gasteiger partial charge in [0.25, 0.3) is 0 Å². The summed E-state index contributed by atoms with van der Waals surface area (Å²) in [5.41, 5.74) is 8.50. The summed E-state index contributed by atoms with van der Waals surface area (Å²) >= 11 is 0. The lowest BCUT2D eigenvalue weighted by molar-refractivity contribution is 0.218. The highest BCUT2D eigenvalue weighted by atomic mass is 19.1. The zero-order valence-electron chi connectivity index (χ0n) is 17.3. The summed E-state index contributed by atoms with van der Waals surface area (Å²) in [6.07, 6.45) is 4.94. The van der Waals surface area contributed by atoms with E-state index in [1.807, 2.05) is 23.9 Å². The molecule has 2 amide bonds. The van der Waals surface area contributed by atoms with Crippen LogP contribution < -0.4 is 10.6 Å². The number of pyridine rings is 1. The molecule has 0 spiro atoms. The Labute approximate surface area is 181 Å². The molecule has 1 atom stereocenters. The van der Waals surface area contributed by atoms with Crippen molar-refractivity contribution in [2.24, 2.45) is 7.05 Å². The van der Waals surface area contributed by atoms with Crippen LogP contribution in [0.3, 0.4) is 0 Å². The summed E-state index contributed by atoms with van der Waals surface area (Å²) in [5, 5.41) is 0.725. The second-order valence-corrected chi connectivity index (χ2v) is 7.70. The number of nitrogens with zero attached hydrogens (tertiary/aromatic N) is 6. The fourth-order valence-electron chi connectivity index (χ4n) is 4.12. The van der Waals surface area contributed by atoms with E-state index in [0.29, 0.717) is 17.3 Å². The molecule has 1 saturated heterocycles. The van der Waals surface area contributed by atoms with Crippen molar-refractivity contribution < 1.29 is 13.6 Å². The number of fused-ring (bicyclic) bond motifs is 1. The van der Waals surface area contributed by atoms with Gasteiger partial charge in [0.05, 0.1) is 18.0 Å². The maximum Gasteiger partial charge on any atom is 0.326 e. The number of aryl methyl sites for hydroxylation is 1. The molecule has 1 aromatic carbocycles. The van der Waals surface area contributed by atoms with Gasteiger partial charge in [-0.25, -0.2) is 28.5 Å². The molecule has 1 unspecified atom stereocenters. The predicted octanol–water partition coefficient (Wildman–Crippen LogP) is 3.50. The number of nitrogen functional groups attached to an aromatic ring is 1. The van der Waals surface area contributed by atoms with Crippen molar-refractivity contribution in [3.05, 3.63) is 66.3 Å². The second-order valence-electron chi connectivity index (χ2n) is 7.70. The lowest BCUT2D eigenvalue weighted by Gasteiger charge is -2.18. The zero-order valence-corrected chi connectivity index (χ0v) is 17.3. The number of hydrogen-bond acceptors (Lipinski definition) is 5. The van der Waals surface area contributed by atoms with E-state index in [0.717, 1.165) is 34.7 Å². The minimum Gasteiger partial charge on any atom is -0.383 e. The number of carbonyl (C=O) groups is 1. The molecule has 1 aliphatic rings. The molecule has 8 nitrogen and oxygen atoms in total. The summed E-state index contributed by atoms with van der Waals surface area (Å²) in [7, 11) is 3.43. The number of rotatable bonds is 3. The number of benzene rings is 1. The maximum absolute atomic E-state index is 14.3. The molecule has 10 heteroatoms. The van der Waals surface area contributed by atoms with Gasteiger partial charge < -0.3 is 15.2 Å². The van der Waals surface area contributed by atoms with Crippen LogP contribution in [0.2, 0.25) is 0 Å². The largest absolute Gasteiger partial charge is 0.383 e. The van der Waals surface area contributed by atoms with Gasteiger partial charge in [0, 0.05) is 43.2 Å². The van der Waals surface area contributed by atoms with Gasteiger partial charge in [0.15, 0.2) is 0 Å². The van der Waals surface area contributed by atoms with Gasteiger partial charge in [-0.15, -0.1) is 0 Å². The van der Waals surface area contributed by atoms with Crippen LogP contribution in [-0.4, -0.2) is 44.0 Å². The second kappa shape index (κ2) is 7.26. The van der Waals surface area contributed by atoms with E-state index in [9.17, 15) is 13.6 Å². The van der Waals surface area contributed by atoms with Crippen molar-refractivity contribution in [3.8, 4) is 11.1 Å². The van der Waals surface area contributed by atoms with E-state index in [1.165, 1.54) is 16.1 Å². The SMILES string of the molecule is CN1C(=O)N(c2ccc(-c3cn(C)c4ncnc(N)c34)cn2)CC1c1cc(F)ccc1F. The van der Waals surface area contributed by atoms with Crippen LogP contribution in [0, 0.1) is 11.6 Å². The fourth-order valence-corrected chi connectivity index (χ4v) is 4.12. The highest BCUT2D eigenvalue weighted by Crippen LogP contribution is 2.35. The van der Waals surface area contributed by atoms with Crippen LogP contribution in [0.15, 0.2) is 49.1 Å². The lowest BCUT2D eigenvalue weighted by atomic mass is 10.1. The van der Waals surface area contributed by atoms with Crippen molar-refractivity contribution in [2.45, 2.75) is 6.04 Å². The number of halogens is 2. The maximum atomic E-state index is 14.3. The van der Waals surface area contributed by atoms with Crippen molar-refractivity contribution in [1.29, 1.82) is 0 Å². The Bertz CT molecular complexity index is 1350. The molecule has 1 aliphatic heterocycles. The molecule has 32 heavy (non-hydrogen) atoms. The summed E-state index contributed by atoms with van der Waals surface area (Å²) in [4.78, 5) is 28.5. The molecule has 4 aromatic rings. The lowest BCUT2D eigenvalue weighted by Crippen LogP contribution is -2.30. The Morgan fingerprint density at radius 3 is 2.66 bits per heavy atom. The van der Waals surface area contributed by atoms with E-state index >= 15 is 0 Å². The molecule has 0 aliphatic carbocycles. The molecule has 1 fully saturated rings. The number of hydrogen-bond donors (Lipinski definition) is 1. The smallest absolute Gasteiger partial charge is 0.326 e. The molecule has 4 heterocycles. The first-order chi connectivity index (χ1) is 15.3. The number of urea groups is 1. The summed E-state index contributed by atoms with van der Waals surface area (Å²) < 4.78 is 29.8. The van der Waals surface area contributed by atoms with Gasteiger partial charge in [0.1, 0.15) is 35.2 Å². The van der Waals surface area contributed by atoms with E-state index in [-0.39, 0.29) is 18.1 Å². The van der Waals surface area contributed by atoms with Gasteiger partial charge >= 0.3 is 6.03 Å². The first-order valence-electron chi connectivity index (χ1n) is 9.86. The third-order valence-corrected chi connectivity index (χ3v) is 5.79. The molecular weight excluding hydrogens is 416 g/mol. The van der Waals surface area contributed by atoms with E-state index < -0.39 is 17.7 Å². The number of carbonyl (C=O) groups excluding carboxylic acids is 1. The predicted molar refractivity (Wildman–Crippen MR) is 116 cm³/mol. The summed E-state index contributed by atoms with van der Waals surface area (Å²) in [6.45, 7) is 0.150. The molecular formula is C22H19F2N7O. The molecule has 3 aromatic heterocycles. The van der Waals surface area contributed by atoms with Crippen LogP contribution in [-0.2, 0) is 7.05 Å². The van der Waals surface area contributed by atoms with Gasteiger partial charge in [-0.3, -0.25) is 4.90 Å². The van der Waals surface area contributed by atoms with Gasteiger partial charge in [-0.2, -0.15) is 0 Å². The average Bonchev–Trinajstić information content (AvgIpc) is 3.28. The summed E-state index contributed by atoms with van der Waals surface area (Å²) in [6, 6.07) is 5.81. The van der Waals surface area contributed by atoms with Crippen LogP contribution >= 0.6 is 0 Å². The Kier molecular flexibility index (Phi) is 4.50. The number of likely N-dealkylation sites (N-methyl/N-ethyl adjacent to an activating group) is 1. The van der Waals surface area contributed by atoms with E-state index in [2.05, 4.69) is 15.0 Å². The van der Waals surface area contributed by atoms with Gasteiger partial charge in [0.2, 0.25) is 0 Å². The highest BCUT2D eigenvalue weighted by Gasteiger charge is 2.38. The van der Waals surface area contributed by atoms with Crippen LogP contribution in [0.4, 0.5) is 25.2 Å². The van der Waals surface area contributed by atoms with Gasteiger partial charge in [-0.05, 0) is 30.3 Å². The van der Waals surface area contributed by atoms with E-state index in [4.69, 9.17) is 5.73 Å². The molecule has 162 valence electrons. The number of aromatic nitrogens is 4. The molecule has 5 rings (SSSR count). The fraction of sp³-hybridized carbons (Fsp3) is 0.182. The number of anilines is 2. The van der Waals surface area contributed by atoms with Crippen molar-refractivity contribution in [2.75, 3.05) is 24.2 Å². The first-order valence-corrected chi connectivity index (χ1v) is 9.86. The van der Waals surface area contributed by atoms with Crippen LogP contribution in [0.1, 0.15) is 11.6 Å². The first kappa shape index (κ1) is 19.9. The Balaban J connectivity index is 1.47. The Hall–Kier alpha value is -4.08. The molecule has 0 radical (unpaired) electrons. The van der Waals surface area contributed by atoms with E-state index in [1.54, 1.807) is 19.3 Å². The van der Waals surface area contributed by atoms with Crippen molar-refractivity contribution in [3.63, 3.8) is 0 Å². The minimum absolute atomic E-state index is 0.131. The third-order valence-electron chi connectivity index (χ3n) is 5.79. The number of nitrogens with two attached hydrogens (primary N) is 1. The van der Waals surface area contributed by atoms with Crippen molar-refractivity contribution >= 4 is 28.7 Å². The molecule has 2 N–H and O–H groups in total. The van der Waals surface area contributed by atoms with Crippen LogP contribution in [0.5, 0.6) is 0 Å². The molecule has 0 bridgehead atoms. The zero-order chi connectivity index (χ0) is 22.6. The average molecular weight is 435 g/mol. The standard InChI is InChI=1S/C22H19F2N7O/c1-29-9-15(19-20(25)27-11-28-21(19)29)12-3-6-18(26-8-12)31-10-17(30(2)22(31)32)14-7-13(23)4-5-16(14)24/h3-9,11,17H,10H2,1-2H3,(H2,25,27,28). The third kappa shape index (κ3) is 3.03. The highest BCUT2D eigenvalue weighted by molar-refractivity contribution is 6.00. The van der Waals surface area contributed by atoms with Crippen LogP contribution in [0.25, 0.3) is 22.2 Å². The molecule has 0 saturated carbocycles. The topological polar surface area (TPSA) is 93.2 Å². The number of amides is 2. The van der Waals surface area contributed by atoms with Crippen molar-refractivity contribution in [1.82, 2.24) is 24.4 Å². The monoisotopic (exact) mass is 435 g/mol. The summed E-state index contributed by atoms with van der Waals surface area (Å²) in [5.74, 6) is -0.334.